The Hall–Kier alpha value is -3.23. The first-order valence-corrected chi connectivity index (χ1v) is 10.2. The van der Waals surface area contributed by atoms with Gasteiger partial charge in [-0.25, -0.2) is 9.78 Å². The van der Waals surface area contributed by atoms with Gasteiger partial charge < -0.3 is 20.1 Å². The summed E-state index contributed by atoms with van der Waals surface area (Å²) in [4.78, 5) is 18.5. The average Bonchev–Trinajstić information content (AvgIpc) is 3.04. The number of fused-ring (bicyclic) bond motifs is 1. The number of carboxylic acid groups (broad SMARTS) is 1. The Morgan fingerprint density at radius 3 is 2.59 bits per heavy atom. The molecule has 1 atom stereocenters. The van der Waals surface area contributed by atoms with Crippen LogP contribution in [-0.4, -0.2) is 33.3 Å². The highest BCUT2D eigenvalue weighted by Gasteiger charge is 2.36. The predicted octanol–water partition coefficient (Wildman–Crippen LogP) is 6.01. The zero-order valence-corrected chi connectivity index (χ0v) is 18.3. The van der Waals surface area contributed by atoms with Crippen molar-refractivity contribution in [2.24, 2.45) is 5.92 Å². The molecule has 0 saturated carbocycles. The van der Waals surface area contributed by atoms with Gasteiger partial charge in [0, 0.05) is 17.3 Å². The van der Waals surface area contributed by atoms with Gasteiger partial charge in [0.1, 0.15) is 18.0 Å². The number of aromatic amines is 1. The minimum Gasteiger partial charge on any atom is -0.491 e. The van der Waals surface area contributed by atoms with Crippen LogP contribution >= 0.6 is 0 Å². The van der Waals surface area contributed by atoms with Crippen molar-refractivity contribution in [2.45, 2.75) is 45.8 Å². The number of alkyl halides is 3. The van der Waals surface area contributed by atoms with Crippen LogP contribution in [0.25, 0.3) is 22.2 Å². The van der Waals surface area contributed by atoms with E-state index in [0.717, 1.165) is 17.1 Å². The number of ether oxygens (including phenoxy) is 1. The second kappa shape index (κ2) is 8.72. The number of halogens is 3. The van der Waals surface area contributed by atoms with Gasteiger partial charge in [-0.3, -0.25) is 0 Å². The number of benzene rings is 1. The Kier molecular flexibility index (Phi) is 6.39. The monoisotopic (exact) mass is 449 g/mol. The Bertz CT molecular complexity index is 1120. The lowest BCUT2D eigenvalue weighted by Gasteiger charge is -2.31. The molecule has 0 bridgehead atoms. The van der Waals surface area contributed by atoms with Crippen molar-refractivity contribution in [3.8, 4) is 16.9 Å². The Morgan fingerprint density at radius 1 is 1.25 bits per heavy atom. The molecule has 6 nitrogen and oxygen atoms in total. The molecular weight excluding hydrogens is 423 g/mol. The molecule has 0 aliphatic heterocycles. The summed E-state index contributed by atoms with van der Waals surface area (Å²) in [5.41, 5.74) is 0.485. The van der Waals surface area contributed by atoms with E-state index in [1.54, 1.807) is 25.3 Å². The number of aromatic nitrogens is 2. The molecule has 0 spiro atoms. The van der Waals surface area contributed by atoms with Crippen LogP contribution in [-0.2, 0) is 6.18 Å². The number of amides is 1. The van der Waals surface area contributed by atoms with Gasteiger partial charge in [-0.05, 0) is 61.6 Å². The molecule has 3 aromatic rings. The van der Waals surface area contributed by atoms with Gasteiger partial charge in [-0.15, -0.1) is 0 Å². The molecule has 172 valence electrons. The highest BCUT2D eigenvalue weighted by Crippen LogP contribution is 2.40. The molecule has 0 aliphatic carbocycles. The summed E-state index contributed by atoms with van der Waals surface area (Å²) in [6, 6.07) is 7.40. The van der Waals surface area contributed by atoms with Gasteiger partial charge in [-0.2, -0.15) is 13.2 Å². The normalized spacial score (nSPS) is 13.9. The summed E-state index contributed by atoms with van der Waals surface area (Å²) in [6.07, 6.45) is -3.97. The molecule has 0 fully saturated rings. The lowest BCUT2D eigenvalue weighted by atomic mass is 9.91. The Labute approximate surface area is 183 Å². The van der Waals surface area contributed by atoms with E-state index in [2.05, 4.69) is 15.3 Å². The third-order valence-electron chi connectivity index (χ3n) is 5.08. The summed E-state index contributed by atoms with van der Waals surface area (Å²) in [7, 11) is 0. The lowest BCUT2D eigenvalue weighted by molar-refractivity contribution is -0.139. The Balaban J connectivity index is 1.98. The second-order valence-electron chi connectivity index (χ2n) is 8.66. The van der Waals surface area contributed by atoms with Gasteiger partial charge in [0.15, 0.2) is 0 Å². The quantitative estimate of drug-likeness (QED) is 0.412. The van der Waals surface area contributed by atoms with E-state index < -0.39 is 23.4 Å². The molecule has 3 rings (SSSR count). The molecule has 0 aliphatic rings. The van der Waals surface area contributed by atoms with Gasteiger partial charge >= 0.3 is 12.3 Å². The molecule has 1 aromatic carbocycles. The second-order valence-corrected chi connectivity index (χ2v) is 8.66. The zero-order chi connectivity index (χ0) is 23.7. The highest BCUT2D eigenvalue weighted by atomic mass is 19.4. The van der Waals surface area contributed by atoms with E-state index >= 15 is 0 Å². The maximum atomic E-state index is 13.9. The van der Waals surface area contributed by atoms with Crippen molar-refractivity contribution in [2.75, 3.05) is 6.61 Å². The summed E-state index contributed by atoms with van der Waals surface area (Å²) in [5, 5.41) is 12.2. The first-order chi connectivity index (χ1) is 14.9. The number of rotatable bonds is 7. The van der Waals surface area contributed by atoms with Crippen molar-refractivity contribution in [1.82, 2.24) is 15.3 Å². The van der Waals surface area contributed by atoms with Crippen LogP contribution in [0.5, 0.6) is 5.75 Å². The average molecular weight is 449 g/mol. The van der Waals surface area contributed by atoms with E-state index in [0.29, 0.717) is 23.2 Å². The van der Waals surface area contributed by atoms with Crippen molar-refractivity contribution < 1.29 is 27.8 Å². The number of H-pyrrole nitrogens is 1. The van der Waals surface area contributed by atoms with Crippen molar-refractivity contribution in [1.29, 1.82) is 0 Å². The molecule has 3 N–H and O–H groups in total. The molecule has 0 saturated heterocycles. The lowest BCUT2D eigenvalue weighted by Crippen LogP contribution is -2.50. The number of nitrogens with zero attached hydrogens (tertiary/aromatic N) is 1. The molecule has 32 heavy (non-hydrogen) atoms. The largest absolute Gasteiger partial charge is 0.491 e. The van der Waals surface area contributed by atoms with Crippen LogP contribution in [0.4, 0.5) is 18.0 Å². The molecule has 9 heteroatoms. The van der Waals surface area contributed by atoms with Crippen LogP contribution < -0.4 is 10.1 Å². The van der Waals surface area contributed by atoms with Gasteiger partial charge in [0.05, 0.1) is 11.1 Å². The van der Waals surface area contributed by atoms with Crippen molar-refractivity contribution in [3.05, 3.63) is 47.8 Å². The van der Waals surface area contributed by atoms with Crippen LogP contribution in [0.2, 0.25) is 0 Å². The first-order valence-electron chi connectivity index (χ1n) is 10.2. The van der Waals surface area contributed by atoms with E-state index in [1.165, 1.54) is 6.07 Å². The third kappa shape index (κ3) is 5.33. The fraction of sp³-hybridized carbons (Fsp3) is 0.391. The number of aryl methyl sites for hydroxylation is 1. The summed E-state index contributed by atoms with van der Waals surface area (Å²) >= 11 is 0. The minimum absolute atomic E-state index is 0.110. The maximum Gasteiger partial charge on any atom is 0.419 e. The number of nitrogens with one attached hydrogen (secondary N) is 2. The van der Waals surface area contributed by atoms with Crippen molar-refractivity contribution >= 4 is 17.1 Å². The Morgan fingerprint density at radius 2 is 1.97 bits per heavy atom. The molecule has 2 heterocycles. The number of hydrogen-bond donors (Lipinski definition) is 3. The summed E-state index contributed by atoms with van der Waals surface area (Å²) < 4.78 is 47.2. The summed E-state index contributed by atoms with van der Waals surface area (Å²) in [6.45, 7) is 7.02. The molecule has 1 unspecified atom stereocenters. The fourth-order valence-electron chi connectivity index (χ4n) is 4.00. The van der Waals surface area contributed by atoms with E-state index in [9.17, 15) is 18.0 Å². The van der Waals surface area contributed by atoms with Crippen LogP contribution in [0.1, 0.15) is 38.4 Å². The molecule has 0 radical (unpaired) electrons. The fourth-order valence-corrected chi connectivity index (χ4v) is 4.00. The smallest absolute Gasteiger partial charge is 0.419 e. The standard InChI is InChI=1S/C23H26F3N3O3/c1-13(2)11-22(4,29-21(30)31)12-32-19-6-5-15(10-18(19)23(24,25)26)16-7-8-27-20-17(16)9-14(3)28-20/h5-10,13,29H,11-12H2,1-4H3,(H,27,28)(H,30,31). The highest BCUT2D eigenvalue weighted by molar-refractivity contribution is 5.93. The molecule has 2 aromatic heterocycles. The van der Waals surface area contributed by atoms with Crippen molar-refractivity contribution in [3.63, 3.8) is 0 Å². The van der Waals surface area contributed by atoms with E-state index in [-0.39, 0.29) is 18.3 Å². The van der Waals surface area contributed by atoms with E-state index in [4.69, 9.17) is 9.84 Å². The van der Waals surface area contributed by atoms with E-state index in [1.807, 2.05) is 26.8 Å². The number of carbonyl (C=O) groups is 1. The zero-order valence-electron chi connectivity index (χ0n) is 18.3. The summed E-state index contributed by atoms with van der Waals surface area (Å²) in [5.74, 6) is -0.238. The minimum atomic E-state index is -4.65. The topological polar surface area (TPSA) is 87.2 Å². The van der Waals surface area contributed by atoms with Crippen LogP contribution in [0, 0.1) is 12.8 Å². The number of hydrogen-bond acceptors (Lipinski definition) is 3. The van der Waals surface area contributed by atoms with Gasteiger partial charge in [0.25, 0.3) is 0 Å². The van der Waals surface area contributed by atoms with Crippen LogP contribution in [0.15, 0.2) is 36.5 Å². The first kappa shape index (κ1) is 23.4. The predicted molar refractivity (Wildman–Crippen MR) is 116 cm³/mol. The van der Waals surface area contributed by atoms with Gasteiger partial charge in [0.2, 0.25) is 0 Å². The third-order valence-corrected chi connectivity index (χ3v) is 5.08. The molecule has 1 amide bonds. The molecular formula is C23H26F3N3O3. The SMILES string of the molecule is Cc1cc2c(-c3ccc(OCC(C)(CC(C)C)NC(=O)O)c(C(F)(F)F)c3)ccnc2[nH]1. The van der Waals surface area contributed by atoms with Crippen LogP contribution in [0.3, 0.4) is 0 Å². The maximum absolute atomic E-state index is 13.9. The number of pyridine rings is 1. The van der Waals surface area contributed by atoms with Gasteiger partial charge in [-0.1, -0.05) is 19.9 Å².